The Morgan fingerprint density at radius 3 is 2.07 bits per heavy atom. The standard InChI is InChI=1S/C18H17FN2O5S/c1-12(22)21-27(25,26)16-8-6-15(7-9-16)20-18(24)11-10-17(23)13-2-4-14(19)5-3-13/h2-9H,10-11H2,1H3,(H,20,24)(H,21,22). The molecule has 0 aliphatic rings. The van der Waals surface area contributed by atoms with Gasteiger partial charge in [-0.25, -0.2) is 17.5 Å². The number of carbonyl (C=O) groups is 3. The molecule has 0 heterocycles. The molecule has 9 heteroatoms. The maximum absolute atomic E-state index is 12.8. The van der Waals surface area contributed by atoms with Crippen LogP contribution in [-0.4, -0.2) is 26.0 Å². The van der Waals surface area contributed by atoms with Gasteiger partial charge in [-0.1, -0.05) is 0 Å². The van der Waals surface area contributed by atoms with Crippen LogP contribution in [0, 0.1) is 5.82 Å². The summed E-state index contributed by atoms with van der Waals surface area (Å²) in [5.41, 5.74) is 0.660. The Morgan fingerprint density at radius 2 is 1.52 bits per heavy atom. The fourth-order valence-electron chi connectivity index (χ4n) is 2.20. The SMILES string of the molecule is CC(=O)NS(=O)(=O)c1ccc(NC(=O)CCC(=O)c2ccc(F)cc2)cc1. The molecule has 2 amide bonds. The normalized spacial score (nSPS) is 10.9. The van der Waals surface area contributed by atoms with E-state index >= 15 is 0 Å². The lowest BCUT2D eigenvalue weighted by atomic mass is 10.1. The zero-order valence-electron chi connectivity index (χ0n) is 14.4. The number of hydrogen-bond acceptors (Lipinski definition) is 5. The zero-order valence-corrected chi connectivity index (χ0v) is 15.2. The molecule has 2 aromatic rings. The molecule has 0 unspecified atom stereocenters. The van der Waals surface area contributed by atoms with E-state index in [1.165, 1.54) is 48.5 Å². The van der Waals surface area contributed by atoms with Crippen LogP contribution in [0.5, 0.6) is 0 Å². The average Bonchev–Trinajstić information content (AvgIpc) is 2.59. The van der Waals surface area contributed by atoms with Crippen molar-refractivity contribution in [2.75, 3.05) is 5.32 Å². The van der Waals surface area contributed by atoms with Crippen molar-refractivity contribution in [1.82, 2.24) is 4.72 Å². The molecule has 2 aromatic carbocycles. The van der Waals surface area contributed by atoms with Crippen LogP contribution in [0.4, 0.5) is 10.1 Å². The summed E-state index contributed by atoms with van der Waals surface area (Å²) in [5, 5.41) is 2.54. The van der Waals surface area contributed by atoms with Gasteiger partial charge in [-0.3, -0.25) is 14.4 Å². The molecular weight excluding hydrogens is 375 g/mol. The maximum atomic E-state index is 12.8. The van der Waals surface area contributed by atoms with Crippen molar-refractivity contribution in [2.24, 2.45) is 0 Å². The van der Waals surface area contributed by atoms with Crippen molar-refractivity contribution in [2.45, 2.75) is 24.7 Å². The van der Waals surface area contributed by atoms with Gasteiger partial charge in [0, 0.05) is 31.0 Å². The van der Waals surface area contributed by atoms with Gasteiger partial charge in [0.25, 0.3) is 10.0 Å². The van der Waals surface area contributed by atoms with Gasteiger partial charge < -0.3 is 5.32 Å². The highest BCUT2D eigenvalue weighted by Gasteiger charge is 2.15. The third-order valence-corrected chi connectivity index (χ3v) is 4.92. The van der Waals surface area contributed by atoms with E-state index in [9.17, 15) is 27.2 Å². The number of benzene rings is 2. The van der Waals surface area contributed by atoms with E-state index in [4.69, 9.17) is 0 Å². The van der Waals surface area contributed by atoms with E-state index in [0.29, 0.717) is 11.3 Å². The van der Waals surface area contributed by atoms with E-state index in [1.807, 2.05) is 4.72 Å². The molecule has 0 spiro atoms. The Bertz CT molecular complexity index is 954. The van der Waals surface area contributed by atoms with E-state index in [0.717, 1.165) is 6.92 Å². The van der Waals surface area contributed by atoms with Crippen LogP contribution in [0.25, 0.3) is 0 Å². The van der Waals surface area contributed by atoms with Crippen molar-refractivity contribution < 1.29 is 27.2 Å². The molecule has 0 saturated heterocycles. The fraction of sp³-hybridized carbons (Fsp3) is 0.167. The third kappa shape index (κ3) is 6.00. The van der Waals surface area contributed by atoms with Crippen LogP contribution < -0.4 is 10.0 Å². The number of nitrogens with one attached hydrogen (secondary N) is 2. The Morgan fingerprint density at radius 1 is 0.926 bits per heavy atom. The lowest BCUT2D eigenvalue weighted by Gasteiger charge is -2.08. The summed E-state index contributed by atoms with van der Waals surface area (Å²) in [7, 11) is -3.94. The fourth-order valence-corrected chi connectivity index (χ4v) is 3.19. The summed E-state index contributed by atoms with van der Waals surface area (Å²) < 4.78 is 38.3. The first-order chi connectivity index (χ1) is 12.7. The summed E-state index contributed by atoms with van der Waals surface area (Å²) >= 11 is 0. The molecule has 2 N–H and O–H groups in total. The van der Waals surface area contributed by atoms with Crippen molar-refractivity contribution in [3.63, 3.8) is 0 Å². The first kappa shape index (κ1) is 20.2. The van der Waals surface area contributed by atoms with Gasteiger partial charge in [0.15, 0.2) is 5.78 Å². The molecule has 142 valence electrons. The van der Waals surface area contributed by atoms with Gasteiger partial charge in [-0.2, -0.15) is 0 Å². The number of sulfonamides is 1. The van der Waals surface area contributed by atoms with Crippen LogP contribution in [0.15, 0.2) is 53.4 Å². The minimum absolute atomic E-state index is 0.0491. The summed E-state index contributed by atoms with van der Waals surface area (Å²) in [6.07, 6.45) is -0.130. The number of rotatable bonds is 7. The lowest BCUT2D eigenvalue weighted by molar-refractivity contribution is -0.117. The van der Waals surface area contributed by atoms with Gasteiger partial charge >= 0.3 is 0 Å². The van der Waals surface area contributed by atoms with Crippen LogP contribution in [0.1, 0.15) is 30.1 Å². The monoisotopic (exact) mass is 392 g/mol. The molecule has 0 radical (unpaired) electrons. The van der Waals surface area contributed by atoms with Gasteiger partial charge in [0.05, 0.1) is 4.90 Å². The molecule has 0 saturated carbocycles. The second-order valence-electron chi connectivity index (χ2n) is 5.66. The maximum Gasteiger partial charge on any atom is 0.264 e. The molecule has 7 nitrogen and oxygen atoms in total. The molecule has 0 bridgehead atoms. The minimum Gasteiger partial charge on any atom is -0.326 e. The van der Waals surface area contributed by atoms with E-state index in [-0.39, 0.29) is 23.5 Å². The lowest BCUT2D eigenvalue weighted by Crippen LogP contribution is -2.28. The number of ketones is 1. The summed E-state index contributed by atoms with van der Waals surface area (Å²) in [6.45, 7) is 1.08. The number of anilines is 1. The summed E-state index contributed by atoms with van der Waals surface area (Å²) in [5.74, 6) is -1.88. The predicted molar refractivity (Wildman–Crippen MR) is 96.0 cm³/mol. The highest BCUT2D eigenvalue weighted by atomic mass is 32.2. The number of halogens is 1. The molecule has 27 heavy (non-hydrogen) atoms. The van der Waals surface area contributed by atoms with E-state index < -0.39 is 27.7 Å². The zero-order chi connectivity index (χ0) is 20.0. The molecule has 0 aliphatic heterocycles. The van der Waals surface area contributed by atoms with Gasteiger partial charge in [-0.15, -0.1) is 0 Å². The Kier molecular flexibility index (Phi) is 6.40. The second-order valence-corrected chi connectivity index (χ2v) is 7.35. The number of Topliss-reactive ketones (excluding diaryl/α,β-unsaturated/α-hetero) is 1. The Balaban J connectivity index is 1.91. The molecular formula is C18H17FN2O5S. The van der Waals surface area contributed by atoms with Crippen molar-refractivity contribution in [1.29, 1.82) is 0 Å². The highest BCUT2D eigenvalue weighted by molar-refractivity contribution is 7.90. The largest absolute Gasteiger partial charge is 0.326 e. The topological polar surface area (TPSA) is 109 Å². The number of amides is 2. The van der Waals surface area contributed by atoms with Gasteiger partial charge in [0.2, 0.25) is 11.8 Å². The molecule has 0 aromatic heterocycles. The molecule has 2 rings (SSSR count). The quantitative estimate of drug-likeness (QED) is 0.703. The van der Waals surface area contributed by atoms with Crippen LogP contribution >= 0.6 is 0 Å². The van der Waals surface area contributed by atoms with E-state index in [1.54, 1.807) is 0 Å². The molecule has 0 atom stereocenters. The first-order valence-corrected chi connectivity index (χ1v) is 9.38. The van der Waals surface area contributed by atoms with Crippen LogP contribution in [0.2, 0.25) is 0 Å². The highest BCUT2D eigenvalue weighted by Crippen LogP contribution is 2.15. The second kappa shape index (κ2) is 8.54. The summed E-state index contributed by atoms with van der Waals surface area (Å²) in [6, 6.07) is 10.3. The van der Waals surface area contributed by atoms with Crippen molar-refractivity contribution >= 4 is 33.3 Å². The smallest absolute Gasteiger partial charge is 0.264 e. The van der Waals surface area contributed by atoms with Crippen molar-refractivity contribution in [3.8, 4) is 0 Å². The van der Waals surface area contributed by atoms with Crippen LogP contribution in [-0.2, 0) is 19.6 Å². The van der Waals surface area contributed by atoms with Crippen LogP contribution in [0.3, 0.4) is 0 Å². The van der Waals surface area contributed by atoms with Crippen molar-refractivity contribution in [3.05, 3.63) is 59.9 Å². The number of hydrogen-bond donors (Lipinski definition) is 2. The first-order valence-electron chi connectivity index (χ1n) is 7.89. The average molecular weight is 392 g/mol. The third-order valence-electron chi connectivity index (χ3n) is 3.47. The van der Waals surface area contributed by atoms with Gasteiger partial charge in [-0.05, 0) is 48.5 Å². The Labute approximate surface area is 155 Å². The molecule has 0 fully saturated rings. The van der Waals surface area contributed by atoms with E-state index in [2.05, 4.69) is 5.32 Å². The number of carbonyl (C=O) groups excluding carboxylic acids is 3. The minimum atomic E-state index is -3.94. The summed E-state index contributed by atoms with van der Waals surface area (Å²) in [4.78, 5) is 34.7. The molecule has 0 aliphatic carbocycles. The predicted octanol–water partition coefficient (Wildman–Crippen LogP) is 2.25. The van der Waals surface area contributed by atoms with Gasteiger partial charge in [0.1, 0.15) is 5.82 Å². The Hall–Kier alpha value is -3.07.